The fourth-order valence-corrected chi connectivity index (χ4v) is 2.34. The predicted octanol–water partition coefficient (Wildman–Crippen LogP) is 5.07. The summed E-state index contributed by atoms with van der Waals surface area (Å²) in [7, 11) is 0. The molecule has 122 valence electrons. The van der Waals surface area contributed by atoms with Gasteiger partial charge in [0, 0.05) is 6.04 Å². The van der Waals surface area contributed by atoms with Crippen molar-refractivity contribution in [1.82, 2.24) is 5.32 Å². The van der Waals surface area contributed by atoms with Crippen LogP contribution in [0.3, 0.4) is 0 Å². The molecule has 0 unspecified atom stereocenters. The average molecular weight is 303 g/mol. The number of nitrogens with one attached hydrogen (secondary N) is 1. The van der Waals surface area contributed by atoms with Crippen molar-refractivity contribution in [3.05, 3.63) is 48.6 Å². The third-order valence-electron chi connectivity index (χ3n) is 3.89. The Bertz CT molecular complexity index is 430. The quantitative estimate of drug-likeness (QED) is 0.484. The number of carbonyl (C=O) groups excluding carboxylic acids is 1. The van der Waals surface area contributed by atoms with Gasteiger partial charge in [-0.1, -0.05) is 75.9 Å². The first-order valence-corrected chi connectivity index (χ1v) is 8.27. The highest BCUT2D eigenvalue weighted by Crippen LogP contribution is 2.14. The normalized spacial score (nSPS) is 13.2. The summed E-state index contributed by atoms with van der Waals surface area (Å²) in [5.41, 5.74) is 0.994. The van der Waals surface area contributed by atoms with Crippen LogP contribution in [0, 0.1) is 5.92 Å². The van der Waals surface area contributed by atoms with Gasteiger partial charge in [-0.3, -0.25) is 0 Å². The number of benzene rings is 1. The molecule has 0 radical (unpaired) electrons. The van der Waals surface area contributed by atoms with E-state index in [-0.39, 0.29) is 18.1 Å². The Balaban J connectivity index is 2.39. The van der Waals surface area contributed by atoms with Crippen LogP contribution in [-0.4, -0.2) is 12.1 Å². The van der Waals surface area contributed by atoms with E-state index in [2.05, 4.69) is 25.7 Å². The minimum absolute atomic E-state index is 0.0950. The van der Waals surface area contributed by atoms with Crippen molar-refractivity contribution in [2.75, 3.05) is 0 Å². The summed E-state index contributed by atoms with van der Waals surface area (Å²) in [6, 6.07) is 9.81. The third kappa shape index (κ3) is 7.30. The van der Waals surface area contributed by atoms with Crippen molar-refractivity contribution in [1.29, 1.82) is 0 Å². The lowest BCUT2D eigenvalue weighted by Gasteiger charge is -2.22. The van der Waals surface area contributed by atoms with Crippen LogP contribution in [0.2, 0.25) is 0 Å². The van der Waals surface area contributed by atoms with Gasteiger partial charge >= 0.3 is 6.09 Å². The van der Waals surface area contributed by atoms with Gasteiger partial charge in [-0.05, 0) is 17.9 Å². The van der Waals surface area contributed by atoms with Gasteiger partial charge in [0.1, 0.15) is 6.61 Å². The predicted molar refractivity (Wildman–Crippen MR) is 91.7 cm³/mol. The highest BCUT2D eigenvalue weighted by molar-refractivity contribution is 5.67. The second-order valence-corrected chi connectivity index (χ2v) is 5.76. The molecule has 1 amide bonds. The SMILES string of the molecule is C=C[C@H](C)[C@@H](CCCCCC)NC(=O)OCc1ccccc1. The number of alkyl carbamates (subject to hydrolysis) is 1. The average Bonchev–Trinajstić information content (AvgIpc) is 2.56. The summed E-state index contributed by atoms with van der Waals surface area (Å²) in [6.45, 7) is 8.41. The highest BCUT2D eigenvalue weighted by atomic mass is 16.5. The maximum atomic E-state index is 12.0. The van der Waals surface area contributed by atoms with Crippen molar-refractivity contribution < 1.29 is 9.53 Å². The first kappa shape index (κ1) is 18.3. The summed E-state index contributed by atoms with van der Waals surface area (Å²) in [5.74, 6) is 0.242. The molecule has 1 N–H and O–H groups in total. The molecule has 0 saturated heterocycles. The summed E-state index contributed by atoms with van der Waals surface area (Å²) in [4.78, 5) is 12.0. The fraction of sp³-hybridized carbons (Fsp3) is 0.526. The zero-order chi connectivity index (χ0) is 16.2. The summed E-state index contributed by atoms with van der Waals surface area (Å²) < 4.78 is 5.30. The van der Waals surface area contributed by atoms with Crippen LogP contribution in [0.25, 0.3) is 0 Å². The van der Waals surface area contributed by atoms with E-state index in [1.165, 1.54) is 19.3 Å². The van der Waals surface area contributed by atoms with Crippen LogP contribution < -0.4 is 5.32 Å². The molecule has 1 aromatic carbocycles. The van der Waals surface area contributed by atoms with E-state index in [4.69, 9.17) is 4.74 Å². The number of rotatable bonds is 10. The lowest BCUT2D eigenvalue weighted by atomic mass is 9.96. The van der Waals surface area contributed by atoms with Crippen LogP contribution >= 0.6 is 0 Å². The van der Waals surface area contributed by atoms with E-state index in [1.54, 1.807) is 0 Å². The second-order valence-electron chi connectivity index (χ2n) is 5.76. The molecular formula is C19H29NO2. The van der Waals surface area contributed by atoms with Crippen molar-refractivity contribution in [3.8, 4) is 0 Å². The summed E-state index contributed by atoms with van der Waals surface area (Å²) in [5, 5.41) is 2.98. The van der Waals surface area contributed by atoms with Crippen LogP contribution in [0.1, 0.15) is 51.5 Å². The molecule has 1 aromatic rings. The zero-order valence-corrected chi connectivity index (χ0v) is 13.9. The minimum atomic E-state index is -0.349. The smallest absolute Gasteiger partial charge is 0.407 e. The molecule has 22 heavy (non-hydrogen) atoms. The Hall–Kier alpha value is -1.77. The van der Waals surface area contributed by atoms with Crippen LogP contribution in [0.5, 0.6) is 0 Å². The molecular weight excluding hydrogens is 274 g/mol. The number of ether oxygens (including phenoxy) is 1. The van der Waals surface area contributed by atoms with Gasteiger partial charge in [0.25, 0.3) is 0 Å². The molecule has 0 spiro atoms. The first-order chi connectivity index (χ1) is 10.7. The molecule has 0 saturated carbocycles. The van der Waals surface area contributed by atoms with E-state index >= 15 is 0 Å². The van der Waals surface area contributed by atoms with Gasteiger partial charge in [-0.2, -0.15) is 0 Å². The Morgan fingerprint density at radius 2 is 2.00 bits per heavy atom. The second kappa shape index (κ2) is 10.9. The fourth-order valence-electron chi connectivity index (χ4n) is 2.34. The third-order valence-corrected chi connectivity index (χ3v) is 3.89. The minimum Gasteiger partial charge on any atom is -0.445 e. The molecule has 2 atom stereocenters. The lowest BCUT2D eigenvalue weighted by Crippen LogP contribution is -2.39. The topological polar surface area (TPSA) is 38.3 Å². The Labute approximate surface area is 134 Å². The number of unbranched alkanes of at least 4 members (excludes halogenated alkanes) is 3. The number of amides is 1. The monoisotopic (exact) mass is 303 g/mol. The van der Waals surface area contributed by atoms with Crippen molar-refractivity contribution >= 4 is 6.09 Å². The van der Waals surface area contributed by atoms with Gasteiger partial charge in [0.15, 0.2) is 0 Å². The molecule has 0 aliphatic rings. The summed E-state index contributed by atoms with van der Waals surface area (Å²) >= 11 is 0. The van der Waals surface area contributed by atoms with Gasteiger partial charge in [-0.25, -0.2) is 4.79 Å². The van der Waals surface area contributed by atoms with Gasteiger partial charge in [0.2, 0.25) is 0 Å². The van der Waals surface area contributed by atoms with Crippen LogP contribution in [0.15, 0.2) is 43.0 Å². The molecule has 0 fully saturated rings. The number of carbonyl (C=O) groups is 1. The Kier molecular flexibility index (Phi) is 9.04. The van der Waals surface area contributed by atoms with E-state index in [0.29, 0.717) is 6.61 Å². The molecule has 0 aliphatic carbocycles. The number of hydrogen-bond donors (Lipinski definition) is 1. The largest absolute Gasteiger partial charge is 0.445 e. The lowest BCUT2D eigenvalue weighted by molar-refractivity contribution is 0.132. The van der Waals surface area contributed by atoms with E-state index in [1.807, 2.05) is 36.4 Å². The van der Waals surface area contributed by atoms with Gasteiger partial charge < -0.3 is 10.1 Å². The maximum Gasteiger partial charge on any atom is 0.407 e. The molecule has 0 aromatic heterocycles. The van der Waals surface area contributed by atoms with E-state index in [9.17, 15) is 4.79 Å². The van der Waals surface area contributed by atoms with E-state index in [0.717, 1.165) is 18.4 Å². The van der Waals surface area contributed by atoms with Crippen LogP contribution in [0.4, 0.5) is 4.79 Å². The standard InChI is InChI=1S/C19H29NO2/c1-4-6-7-11-14-18(16(3)5-2)20-19(21)22-15-17-12-9-8-10-13-17/h5,8-10,12-13,16,18H,2,4,6-7,11,14-15H2,1,3H3,(H,20,21)/t16-,18+/m0/s1. The zero-order valence-electron chi connectivity index (χ0n) is 13.9. The molecule has 0 aliphatic heterocycles. The molecule has 0 heterocycles. The van der Waals surface area contributed by atoms with Crippen molar-refractivity contribution in [2.45, 2.75) is 58.6 Å². The van der Waals surface area contributed by atoms with Gasteiger partial charge in [0.05, 0.1) is 0 Å². The Morgan fingerprint density at radius 1 is 1.27 bits per heavy atom. The molecule has 0 bridgehead atoms. The van der Waals surface area contributed by atoms with Crippen LogP contribution in [-0.2, 0) is 11.3 Å². The van der Waals surface area contributed by atoms with Crippen molar-refractivity contribution in [3.63, 3.8) is 0 Å². The molecule has 1 rings (SSSR count). The maximum absolute atomic E-state index is 12.0. The summed E-state index contributed by atoms with van der Waals surface area (Å²) in [6.07, 6.45) is 7.29. The van der Waals surface area contributed by atoms with E-state index < -0.39 is 0 Å². The first-order valence-electron chi connectivity index (χ1n) is 8.27. The number of hydrogen-bond acceptors (Lipinski definition) is 2. The Morgan fingerprint density at radius 3 is 2.64 bits per heavy atom. The van der Waals surface area contributed by atoms with Gasteiger partial charge in [-0.15, -0.1) is 6.58 Å². The molecule has 3 nitrogen and oxygen atoms in total. The highest BCUT2D eigenvalue weighted by Gasteiger charge is 2.17. The van der Waals surface area contributed by atoms with Crippen molar-refractivity contribution in [2.24, 2.45) is 5.92 Å². The molecule has 3 heteroatoms.